The molecule has 0 aliphatic carbocycles. The van der Waals surface area contributed by atoms with E-state index in [1.54, 1.807) is 11.3 Å². The number of aromatic nitrogens is 3. The number of imidazole rings is 1. The van der Waals surface area contributed by atoms with E-state index in [0.717, 1.165) is 40.2 Å². The molecule has 8 heteroatoms. The number of hydrogen-bond acceptors (Lipinski definition) is 7. The van der Waals surface area contributed by atoms with Crippen LogP contribution in [0.5, 0.6) is 5.75 Å². The van der Waals surface area contributed by atoms with Gasteiger partial charge in [0, 0.05) is 25.2 Å². The first-order valence-corrected chi connectivity index (χ1v) is 9.69. The Morgan fingerprint density at radius 1 is 1.31 bits per heavy atom. The molecule has 0 radical (unpaired) electrons. The number of aliphatic hydroxyl groups is 1. The second-order valence-electron chi connectivity index (χ2n) is 6.57. The SMILES string of the molecule is CCOc1ccccc1-c1cnc2sc(N3CCC(O)(CN)CC3)nn12. The summed E-state index contributed by atoms with van der Waals surface area (Å²) in [7, 11) is 0. The Bertz CT molecular complexity index is 898. The van der Waals surface area contributed by atoms with Crippen molar-refractivity contribution in [2.24, 2.45) is 5.73 Å². The van der Waals surface area contributed by atoms with Gasteiger partial charge in [-0.15, -0.1) is 5.10 Å². The van der Waals surface area contributed by atoms with Gasteiger partial charge < -0.3 is 20.5 Å². The van der Waals surface area contributed by atoms with Crippen molar-refractivity contribution in [3.63, 3.8) is 0 Å². The first-order chi connectivity index (χ1) is 12.6. The largest absolute Gasteiger partial charge is 0.493 e. The molecule has 1 aliphatic rings. The molecular formula is C18H23N5O2S. The van der Waals surface area contributed by atoms with E-state index < -0.39 is 5.60 Å². The third-order valence-corrected chi connectivity index (χ3v) is 5.87. The van der Waals surface area contributed by atoms with Crippen LogP contribution in [0.1, 0.15) is 19.8 Å². The zero-order valence-corrected chi connectivity index (χ0v) is 15.6. The summed E-state index contributed by atoms with van der Waals surface area (Å²) in [6, 6.07) is 7.94. The molecular weight excluding hydrogens is 350 g/mol. The standard InChI is InChI=1S/C18H23N5O2S/c1-2-25-15-6-4-3-5-13(15)14-11-20-16-23(14)21-17(26-16)22-9-7-18(24,12-19)8-10-22/h3-6,11,24H,2,7-10,12,19H2,1H3. The number of para-hydroxylation sites is 1. The molecule has 0 spiro atoms. The second-order valence-corrected chi connectivity index (χ2v) is 7.50. The highest BCUT2D eigenvalue weighted by atomic mass is 32.1. The Morgan fingerprint density at radius 3 is 2.81 bits per heavy atom. The lowest BCUT2D eigenvalue weighted by Gasteiger charge is -2.37. The van der Waals surface area contributed by atoms with Gasteiger partial charge in [-0.05, 0) is 31.9 Å². The smallest absolute Gasteiger partial charge is 0.214 e. The molecule has 0 unspecified atom stereocenters. The van der Waals surface area contributed by atoms with Gasteiger partial charge in [-0.2, -0.15) is 0 Å². The molecule has 0 saturated carbocycles. The average molecular weight is 373 g/mol. The highest BCUT2D eigenvalue weighted by Gasteiger charge is 2.32. The van der Waals surface area contributed by atoms with E-state index in [4.69, 9.17) is 15.6 Å². The minimum Gasteiger partial charge on any atom is -0.493 e. The normalized spacial score (nSPS) is 17.0. The number of nitrogens with two attached hydrogens (primary N) is 1. The van der Waals surface area contributed by atoms with Crippen molar-refractivity contribution in [3.05, 3.63) is 30.5 Å². The van der Waals surface area contributed by atoms with E-state index in [-0.39, 0.29) is 0 Å². The zero-order valence-electron chi connectivity index (χ0n) is 14.8. The molecule has 1 fully saturated rings. The van der Waals surface area contributed by atoms with E-state index in [9.17, 15) is 5.11 Å². The van der Waals surface area contributed by atoms with E-state index in [1.165, 1.54) is 0 Å². The molecule has 0 atom stereocenters. The fourth-order valence-corrected chi connectivity index (χ4v) is 4.20. The van der Waals surface area contributed by atoms with E-state index >= 15 is 0 Å². The summed E-state index contributed by atoms with van der Waals surface area (Å²) >= 11 is 1.56. The molecule has 4 rings (SSSR count). The third kappa shape index (κ3) is 3.04. The lowest BCUT2D eigenvalue weighted by molar-refractivity contribution is 0.0249. The van der Waals surface area contributed by atoms with Crippen molar-refractivity contribution in [3.8, 4) is 17.0 Å². The van der Waals surface area contributed by atoms with Crippen LogP contribution in [0.2, 0.25) is 0 Å². The maximum atomic E-state index is 10.3. The molecule has 0 amide bonds. The lowest BCUT2D eigenvalue weighted by atomic mass is 9.92. The van der Waals surface area contributed by atoms with Crippen LogP contribution in [0.3, 0.4) is 0 Å². The quantitative estimate of drug-likeness (QED) is 0.712. The van der Waals surface area contributed by atoms with Gasteiger partial charge in [0.1, 0.15) is 5.75 Å². The van der Waals surface area contributed by atoms with Crippen molar-refractivity contribution < 1.29 is 9.84 Å². The highest BCUT2D eigenvalue weighted by molar-refractivity contribution is 7.20. The third-order valence-electron chi connectivity index (χ3n) is 4.88. The Kier molecular flexibility index (Phi) is 4.56. The first-order valence-electron chi connectivity index (χ1n) is 8.88. The van der Waals surface area contributed by atoms with Crippen molar-refractivity contribution in [2.75, 3.05) is 31.1 Å². The van der Waals surface area contributed by atoms with Crippen molar-refractivity contribution >= 4 is 21.4 Å². The maximum Gasteiger partial charge on any atom is 0.214 e. The highest BCUT2D eigenvalue weighted by Crippen LogP contribution is 2.34. The molecule has 26 heavy (non-hydrogen) atoms. The number of nitrogens with zero attached hydrogens (tertiary/aromatic N) is 4. The van der Waals surface area contributed by atoms with Crippen LogP contribution in [-0.4, -0.2) is 51.5 Å². The summed E-state index contributed by atoms with van der Waals surface area (Å²) in [6.07, 6.45) is 3.15. The summed E-state index contributed by atoms with van der Waals surface area (Å²) in [4.78, 5) is 7.57. The monoisotopic (exact) mass is 373 g/mol. The number of benzene rings is 1. The fourth-order valence-electron chi connectivity index (χ4n) is 3.27. The van der Waals surface area contributed by atoms with Gasteiger partial charge in [0.05, 0.1) is 24.1 Å². The molecule has 3 N–H and O–H groups in total. The van der Waals surface area contributed by atoms with Gasteiger partial charge in [0.15, 0.2) is 0 Å². The second kappa shape index (κ2) is 6.86. The number of anilines is 1. The van der Waals surface area contributed by atoms with Gasteiger partial charge in [0.2, 0.25) is 10.1 Å². The molecule has 1 aliphatic heterocycles. The lowest BCUT2D eigenvalue weighted by Crippen LogP contribution is -2.48. The predicted octanol–water partition coefficient (Wildman–Crippen LogP) is 2.15. The molecule has 0 bridgehead atoms. The minimum absolute atomic E-state index is 0.306. The predicted molar refractivity (Wildman–Crippen MR) is 103 cm³/mol. The number of piperidine rings is 1. The topological polar surface area (TPSA) is 88.9 Å². The summed E-state index contributed by atoms with van der Waals surface area (Å²) in [5.74, 6) is 0.831. The number of ether oxygens (including phenoxy) is 1. The first kappa shape index (κ1) is 17.3. The zero-order chi connectivity index (χ0) is 18.1. The average Bonchev–Trinajstić information content (AvgIpc) is 3.24. The van der Waals surface area contributed by atoms with Crippen LogP contribution >= 0.6 is 11.3 Å². The summed E-state index contributed by atoms with van der Waals surface area (Å²) in [5.41, 5.74) is 6.84. The molecule has 7 nitrogen and oxygen atoms in total. The maximum absolute atomic E-state index is 10.3. The van der Waals surface area contributed by atoms with Crippen LogP contribution in [0, 0.1) is 0 Å². The van der Waals surface area contributed by atoms with Gasteiger partial charge in [-0.3, -0.25) is 0 Å². The Balaban J connectivity index is 1.64. The van der Waals surface area contributed by atoms with Crippen LogP contribution in [0.15, 0.2) is 30.5 Å². The van der Waals surface area contributed by atoms with Crippen molar-refractivity contribution in [1.29, 1.82) is 0 Å². The van der Waals surface area contributed by atoms with E-state index in [2.05, 4.69) is 9.88 Å². The Labute approximate surface area is 156 Å². The van der Waals surface area contributed by atoms with Crippen LogP contribution in [0.4, 0.5) is 5.13 Å². The molecule has 3 heterocycles. The Hall–Kier alpha value is -2.16. The summed E-state index contributed by atoms with van der Waals surface area (Å²) in [5, 5.41) is 16.0. The molecule has 138 valence electrons. The van der Waals surface area contributed by atoms with Gasteiger partial charge in [0.25, 0.3) is 0 Å². The van der Waals surface area contributed by atoms with Gasteiger partial charge in [-0.25, -0.2) is 9.50 Å². The molecule has 1 aromatic carbocycles. The summed E-state index contributed by atoms with van der Waals surface area (Å²) in [6.45, 7) is 4.38. The van der Waals surface area contributed by atoms with E-state index in [0.29, 0.717) is 26.0 Å². The molecule has 3 aromatic rings. The fraction of sp³-hybridized carbons (Fsp3) is 0.444. The number of fused-ring (bicyclic) bond motifs is 1. The summed E-state index contributed by atoms with van der Waals surface area (Å²) < 4.78 is 7.63. The minimum atomic E-state index is -0.741. The van der Waals surface area contributed by atoms with Gasteiger partial charge >= 0.3 is 0 Å². The number of hydrogen-bond donors (Lipinski definition) is 2. The molecule has 2 aromatic heterocycles. The van der Waals surface area contributed by atoms with Crippen LogP contribution in [0.25, 0.3) is 16.2 Å². The van der Waals surface area contributed by atoms with Crippen LogP contribution < -0.4 is 15.4 Å². The number of rotatable bonds is 5. The van der Waals surface area contributed by atoms with Gasteiger partial charge in [-0.1, -0.05) is 23.5 Å². The van der Waals surface area contributed by atoms with E-state index in [1.807, 2.05) is 41.9 Å². The Morgan fingerprint density at radius 2 is 2.08 bits per heavy atom. The van der Waals surface area contributed by atoms with Crippen molar-refractivity contribution in [2.45, 2.75) is 25.4 Å². The molecule has 1 saturated heterocycles. The van der Waals surface area contributed by atoms with Crippen molar-refractivity contribution in [1.82, 2.24) is 14.6 Å². The van der Waals surface area contributed by atoms with Crippen LogP contribution in [-0.2, 0) is 0 Å².